The van der Waals surface area contributed by atoms with Crippen LogP contribution in [0.15, 0.2) is 0 Å². The van der Waals surface area contributed by atoms with Crippen LogP contribution in [0.5, 0.6) is 0 Å². The van der Waals surface area contributed by atoms with Crippen LogP contribution in [0.4, 0.5) is 0 Å². The Morgan fingerprint density at radius 3 is 1.73 bits per heavy atom. The summed E-state index contributed by atoms with van der Waals surface area (Å²) in [6.07, 6.45) is 4.47. The first-order valence-corrected chi connectivity index (χ1v) is 7.20. The topological polar surface area (TPSA) is 0 Å². The largest absolute Gasteiger partial charge is 0.155 e. The summed E-state index contributed by atoms with van der Waals surface area (Å²) in [5, 5.41) is 0. The summed E-state index contributed by atoms with van der Waals surface area (Å²) < 4.78 is 0.709. The van der Waals surface area contributed by atoms with Crippen molar-refractivity contribution in [3.8, 4) is 0 Å². The standard InChI is InChI=1S/C14H26S/c1-11(2,3)10-15-14-7-13(8-14,9-14)12(4,5)6/h7-10H2,1-6H3. The van der Waals surface area contributed by atoms with E-state index >= 15 is 0 Å². The second-order valence-electron chi connectivity index (χ2n) is 8.09. The average Bonchev–Trinajstić information content (AvgIpc) is 1.73. The second-order valence-corrected chi connectivity index (χ2v) is 9.54. The Labute approximate surface area is 99.6 Å². The van der Waals surface area contributed by atoms with Crippen molar-refractivity contribution in [1.82, 2.24) is 0 Å². The Kier molecular flexibility index (Phi) is 2.34. The quantitative estimate of drug-likeness (QED) is 0.655. The minimum Gasteiger partial charge on any atom is -0.155 e. The highest BCUT2D eigenvalue weighted by molar-refractivity contribution is 8.00. The number of thioether (sulfide) groups is 1. The highest BCUT2D eigenvalue weighted by Gasteiger charge is 2.71. The van der Waals surface area contributed by atoms with Crippen molar-refractivity contribution in [3.05, 3.63) is 0 Å². The molecule has 0 aliphatic heterocycles. The van der Waals surface area contributed by atoms with Gasteiger partial charge in [0.1, 0.15) is 0 Å². The Hall–Kier alpha value is 0.350. The van der Waals surface area contributed by atoms with Gasteiger partial charge in [0.25, 0.3) is 0 Å². The average molecular weight is 226 g/mol. The summed E-state index contributed by atoms with van der Waals surface area (Å²) in [5.74, 6) is 1.33. The minimum absolute atomic E-state index is 0.495. The smallest absolute Gasteiger partial charge is 0.0176 e. The van der Waals surface area contributed by atoms with E-state index in [2.05, 4.69) is 53.3 Å². The van der Waals surface area contributed by atoms with Crippen LogP contribution in [0.3, 0.4) is 0 Å². The molecule has 3 saturated carbocycles. The van der Waals surface area contributed by atoms with Gasteiger partial charge in [-0.2, -0.15) is 11.8 Å². The predicted octanol–water partition coefficient (Wildman–Crippen LogP) is 4.73. The molecule has 2 bridgehead atoms. The summed E-state index contributed by atoms with van der Waals surface area (Å²) in [5.41, 5.74) is 1.75. The number of hydrogen-bond acceptors (Lipinski definition) is 1. The molecule has 3 rings (SSSR count). The van der Waals surface area contributed by atoms with Gasteiger partial charge in [0.05, 0.1) is 0 Å². The van der Waals surface area contributed by atoms with Crippen LogP contribution in [0.2, 0.25) is 0 Å². The zero-order valence-corrected chi connectivity index (χ0v) is 12.1. The summed E-state index contributed by atoms with van der Waals surface area (Å²) >= 11 is 2.25. The molecule has 3 aliphatic rings. The van der Waals surface area contributed by atoms with Crippen molar-refractivity contribution in [2.24, 2.45) is 16.2 Å². The molecule has 0 radical (unpaired) electrons. The van der Waals surface area contributed by atoms with Crippen LogP contribution >= 0.6 is 11.8 Å². The van der Waals surface area contributed by atoms with E-state index < -0.39 is 0 Å². The van der Waals surface area contributed by atoms with Gasteiger partial charge in [-0.1, -0.05) is 41.5 Å². The van der Waals surface area contributed by atoms with Gasteiger partial charge in [0.2, 0.25) is 0 Å². The molecule has 3 fully saturated rings. The lowest BCUT2D eigenvalue weighted by atomic mass is 9.36. The summed E-state index contributed by atoms with van der Waals surface area (Å²) in [7, 11) is 0. The van der Waals surface area contributed by atoms with Crippen LogP contribution in [0, 0.1) is 16.2 Å². The highest BCUT2D eigenvalue weighted by Crippen LogP contribution is 2.78. The van der Waals surface area contributed by atoms with Crippen molar-refractivity contribution in [3.63, 3.8) is 0 Å². The fourth-order valence-corrected chi connectivity index (χ4v) is 4.89. The van der Waals surface area contributed by atoms with E-state index in [1.165, 1.54) is 25.0 Å². The van der Waals surface area contributed by atoms with E-state index in [0.717, 1.165) is 5.41 Å². The number of hydrogen-bond donors (Lipinski definition) is 0. The summed E-state index contributed by atoms with van der Waals surface area (Å²) in [4.78, 5) is 0. The van der Waals surface area contributed by atoms with Crippen molar-refractivity contribution in [2.75, 3.05) is 5.75 Å². The molecule has 0 spiro atoms. The first kappa shape index (κ1) is 11.8. The van der Waals surface area contributed by atoms with Gasteiger partial charge in [-0.15, -0.1) is 0 Å². The first-order valence-electron chi connectivity index (χ1n) is 6.22. The molecule has 3 aliphatic carbocycles. The SMILES string of the molecule is CC(C)(C)CSC12CC(C(C)(C)C)(C1)C2. The van der Waals surface area contributed by atoms with Gasteiger partial charge < -0.3 is 0 Å². The Balaban J connectivity index is 1.84. The molecule has 0 nitrogen and oxygen atoms in total. The Bertz CT molecular complexity index is 238. The zero-order valence-electron chi connectivity index (χ0n) is 11.2. The zero-order chi connectivity index (χ0) is 11.5. The molecule has 0 atom stereocenters. The predicted molar refractivity (Wildman–Crippen MR) is 70.4 cm³/mol. The molecule has 0 unspecified atom stereocenters. The Morgan fingerprint density at radius 1 is 0.933 bits per heavy atom. The summed E-state index contributed by atoms with van der Waals surface area (Å²) in [6.45, 7) is 14.3. The Morgan fingerprint density at radius 2 is 1.40 bits per heavy atom. The van der Waals surface area contributed by atoms with Crippen LogP contribution in [0.1, 0.15) is 60.8 Å². The van der Waals surface area contributed by atoms with Crippen molar-refractivity contribution in [1.29, 1.82) is 0 Å². The maximum absolute atomic E-state index is 2.42. The molecule has 0 saturated heterocycles. The molecule has 1 heteroatoms. The van der Waals surface area contributed by atoms with E-state index in [1.807, 2.05) is 0 Å². The molecule has 0 N–H and O–H groups in total. The van der Waals surface area contributed by atoms with Crippen molar-refractivity contribution < 1.29 is 0 Å². The third-order valence-electron chi connectivity index (χ3n) is 4.38. The lowest BCUT2D eigenvalue weighted by molar-refractivity contribution is -0.157. The van der Waals surface area contributed by atoms with Gasteiger partial charge in [0, 0.05) is 4.75 Å². The van der Waals surface area contributed by atoms with E-state index in [0.29, 0.717) is 15.6 Å². The van der Waals surface area contributed by atoms with E-state index in [4.69, 9.17) is 0 Å². The van der Waals surface area contributed by atoms with E-state index in [9.17, 15) is 0 Å². The molecule has 88 valence electrons. The molecule has 0 amide bonds. The highest BCUT2D eigenvalue weighted by atomic mass is 32.2. The third kappa shape index (κ3) is 1.85. The molecular weight excluding hydrogens is 200 g/mol. The van der Waals surface area contributed by atoms with Gasteiger partial charge in [-0.25, -0.2) is 0 Å². The lowest BCUT2D eigenvalue weighted by Crippen LogP contribution is -2.70. The molecule has 15 heavy (non-hydrogen) atoms. The van der Waals surface area contributed by atoms with Crippen LogP contribution < -0.4 is 0 Å². The monoisotopic (exact) mass is 226 g/mol. The fraction of sp³-hybridized carbons (Fsp3) is 1.00. The van der Waals surface area contributed by atoms with Crippen LogP contribution in [0.25, 0.3) is 0 Å². The first-order chi connectivity index (χ1) is 6.58. The fourth-order valence-electron chi connectivity index (χ4n) is 3.01. The van der Waals surface area contributed by atoms with Gasteiger partial charge in [-0.3, -0.25) is 0 Å². The molecule has 0 aromatic heterocycles. The van der Waals surface area contributed by atoms with Crippen molar-refractivity contribution in [2.45, 2.75) is 65.6 Å². The number of rotatable bonds is 2. The molecule has 0 heterocycles. The minimum atomic E-state index is 0.495. The van der Waals surface area contributed by atoms with E-state index in [-0.39, 0.29) is 0 Å². The molecule has 0 aromatic carbocycles. The molecule has 0 aromatic rings. The normalized spacial score (nSPS) is 39.6. The van der Waals surface area contributed by atoms with Gasteiger partial charge >= 0.3 is 0 Å². The summed E-state index contributed by atoms with van der Waals surface area (Å²) in [6, 6.07) is 0. The molecular formula is C14H26S. The van der Waals surface area contributed by atoms with Crippen LogP contribution in [-0.2, 0) is 0 Å². The van der Waals surface area contributed by atoms with Gasteiger partial charge in [-0.05, 0) is 41.3 Å². The maximum atomic E-state index is 2.42. The second kappa shape index (κ2) is 2.97. The van der Waals surface area contributed by atoms with Crippen LogP contribution in [-0.4, -0.2) is 10.5 Å². The maximum Gasteiger partial charge on any atom is 0.0176 e. The third-order valence-corrected chi connectivity index (χ3v) is 6.44. The lowest BCUT2D eigenvalue weighted by Gasteiger charge is -2.75. The van der Waals surface area contributed by atoms with Gasteiger partial charge in [0.15, 0.2) is 0 Å². The van der Waals surface area contributed by atoms with Crippen molar-refractivity contribution >= 4 is 11.8 Å². The van der Waals surface area contributed by atoms with E-state index in [1.54, 1.807) is 0 Å².